The Hall–Kier alpha value is -0.480. The van der Waals surface area contributed by atoms with Crippen LogP contribution >= 0.6 is 15.9 Å². The minimum absolute atomic E-state index is 0.0242. The zero-order valence-electron chi connectivity index (χ0n) is 13.0. The fourth-order valence-electron chi connectivity index (χ4n) is 3.15. The van der Waals surface area contributed by atoms with Crippen molar-refractivity contribution in [1.29, 1.82) is 0 Å². The molecule has 0 heterocycles. The Bertz CT molecular complexity index is 496. The molecule has 0 saturated heterocycles. The molecule has 1 aliphatic carbocycles. The summed E-state index contributed by atoms with van der Waals surface area (Å²) >= 11 is 3.18. The fraction of sp³-hybridized carbons (Fsp3) is 0.647. The van der Waals surface area contributed by atoms with Crippen molar-refractivity contribution in [2.45, 2.75) is 57.9 Å². The average molecular weight is 360 g/mol. The van der Waals surface area contributed by atoms with Crippen LogP contribution in [0.4, 0.5) is 8.78 Å². The number of hydrogen-bond acceptors (Lipinski definition) is 1. The molecule has 4 heteroatoms. The van der Waals surface area contributed by atoms with Crippen LogP contribution in [0, 0.1) is 17.6 Å². The fourth-order valence-corrected chi connectivity index (χ4v) is 3.50. The SMILES string of the molecule is CC(C)(C)NCC1CCCCC1c1c(F)ccc(Br)c1F. The molecule has 1 fully saturated rings. The van der Waals surface area contributed by atoms with E-state index < -0.39 is 11.6 Å². The number of benzene rings is 1. The van der Waals surface area contributed by atoms with Gasteiger partial charge in [0.1, 0.15) is 11.6 Å². The lowest BCUT2D eigenvalue weighted by Gasteiger charge is -2.35. The minimum Gasteiger partial charge on any atom is -0.312 e. The highest BCUT2D eigenvalue weighted by Crippen LogP contribution is 2.41. The number of halogens is 3. The van der Waals surface area contributed by atoms with Crippen molar-refractivity contribution in [3.8, 4) is 0 Å². The molecule has 2 atom stereocenters. The largest absolute Gasteiger partial charge is 0.312 e. The van der Waals surface area contributed by atoms with E-state index in [1.807, 2.05) is 0 Å². The van der Waals surface area contributed by atoms with Gasteiger partial charge in [0.25, 0.3) is 0 Å². The van der Waals surface area contributed by atoms with E-state index in [2.05, 4.69) is 42.0 Å². The highest BCUT2D eigenvalue weighted by molar-refractivity contribution is 9.10. The first-order valence-electron chi connectivity index (χ1n) is 7.68. The van der Waals surface area contributed by atoms with Crippen LogP contribution in [0.15, 0.2) is 16.6 Å². The molecule has 1 saturated carbocycles. The van der Waals surface area contributed by atoms with Gasteiger partial charge in [-0.15, -0.1) is 0 Å². The van der Waals surface area contributed by atoms with E-state index in [4.69, 9.17) is 0 Å². The van der Waals surface area contributed by atoms with Crippen molar-refractivity contribution < 1.29 is 8.78 Å². The molecule has 1 aromatic rings. The molecule has 1 N–H and O–H groups in total. The minimum atomic E-state index is -0.428. The van der Waals surface area contributed by atoms with Crippen LogP contribution in [0.25, 0.3) is 0 Å². The van der Waals surface area contributed by atoms with Crippen molar-refractivity contribution >= 4 is 15.9 Å². The molecule has 1 aliphatic rings. The third kappa shape index (κ3) is 4.26. The summed E-state index contributed by atoms with van der Waals surface area (Å²) in [5, 5.41) is 3.49. The molecule has 21 heavy (non-hydrogen) atoms. The second-order valence-electron chi connectivity index (χ2n) is 7.04. The maximum atomic E-state index is 14.4. The second-order valence-corrected chi connectivity index (χ2v) is 7.89. The van der Waals surface area contributed by atoms with Gasteiger partial charge in [-0.2, -0.15) is 0 Å². The molecule has 118 valence electrons. The van der Waals surface area contributed by atoms with Crippen molar-refractivity contribution in [3.63, 3.8) is 0 Å². The Morgan fingerprint density at radius 1 is 1.19 bits per heavy atom. The monoisotopic (exact) mass is 359 g/mol. The lowest BCUT2D eigenvalue weighted by Crippen LogP contribution is -2.41. The third-order valence-corrected chi connectivity index (χ3v) is 4.87. The lowest BCUT2D eigenvalue weighted by molar-refractivity contribution is 0.261. The van der Waals surface area contributed by atoms with Gasteiger partial charge in [0, 0.05) is 11.1 Å². The Labute approximate surface area is 134 Å². The van der Waals surface area contributed by atoms with Gasteiger partial charge in [-0.1, -0.05) is 12.8 Å². The molecule has 0 spiro atoms. The smallest absolute Gasteiger partial charge is 0.143 e. The topological polar surface area (TPSA) is 12.0 Å². The van der Waals surface area contributed by atoms with Gasteiger partial charge in [-0.25, -0.2) is 8.78 Å². The van der Waals surface area contributed by atoms with Crippen LogP contribution in [-0.4, -0.2) is 12.1 Å². The van der Waals surface area contributed by atoms with Crippen molar-refractivity contribution in [1.82, 2.24) is 5.32 Å². The maximum absolute atomic E-state index is 14.4. The first-order valence-corrected chi connectivity index (χ1v) is 8.47. The molecule has 2 rings (SSSR count). The van der Waals surface area contributed by atoms with Gasteiger partial charge in [-0.3, -0.25) is 0 Å². The van der Waals surface area contributed by atoms with Crippen molar-refractivity contribution in [3.05, 3.63) is 33.8 Å². The van der Waals surface area contributed by atoms with Crippen LogP contribution in [0.2, 0.25) is 0 Å². The zero-order valence-corrected chi connectivity index (χ0v) is 14.6. The molecular formula is C17H24BrF2N. The Morgan fingerprint density at radius 3 is 2.52 bits per heavy atom. The highest BCUT2D eigenvalue weighted by Gasteiger charge is 2.32. The first kappa shape index (κ1) is 16.9. The molecule has 2 unspecified atom stereocenters. The Kier molecular flexibility index (Phi) is 5.42. The maximum Gasteiger partial charge on any atom is 0.143 e. The van der Waals surface area contributed by atoms with Gasteiger partial charge in [0.15, 0.2) is 0 Å². The van der Waals surface area contributed by atoms with Gasteiger partial charge < -0.3 is 5.32 Å². The van der Waals surface area contributed by atoms with E-state index in [1.165, 1.54) is 12.1 Å². The summed E-state index contributed by atoms with van der Waals surface area (Å²) in [6.45, 7) is 7.15. The molecule has 0 aliphatic heterocycles. The molecule has 0 aromatic heterocycles. The van der Waals surface area contributed by atoms with Crippen molar-refractivity contribution in [2.24, 2.45) is 5.92 Å². The lowest BCUT2D eigenvalue weighted by atomic mass is 9.75. The summed E-state index contributed by atoms with van der Waals surface area (Å²) < 4.78 is 28.9. The predicted octanol–water partition coefficient (Wildman–Crippen LogP) is 5.39. The standard InChI is InChI=1S/C17H24BrF2N/c1-17(2,3)21-10-11-6-4-5-7-12(11)15-14(19)9-8-13(18)16(15)20/h8-9,11-12,21H,4-7,10H2,1-3H3. The summed E-state index contributed by atoms with van der Waals surface area (Å²) in [5.74, 6) is -0.589. The number of hydrogen-bond donors (Lipinski definition) is 1. The Balaban J connectivity index is 2.25. The number of nitrogens with one attached hydrogen (secondary N) is 1. The van der Waals surface area contributed by atoms with E-state index in [9.17, 15) is 8.78 Å². The molecule has 0 radical (unpaired) electrons. The van der Waals surface area contributed by atoms with Crippen LogP contribution in [0.3, 0.4) is 0 Å². The zero-order chi connectivity index (χ0) is 15.6. The van der Waals surface area contributed by atoms with Gasteiger partial charge in [-0.05, 0) is 80.1 Å². The van der Waals surface area contributed by atoms with E-state index in [1.54, 1.807) is 0 Å². The molecule has 1 aromatic carbocycles. The van der Waals surface area contributed by atoms with E-state index in [-0.39, 0.29) is 22.9 Å². The quantitative estimate of drug-likeness (QED) is 0.713. The van der Waals surface area contributed by atoms with Crippen LogP contribution in [-0.2, 0) is 0 Å². The van der Waals surface area contributed by atoms with E-state index >= 15 is 0 Å². The molecule has 0 bridgehead atoms. The molecule has 1 nitrogen and oxygen atoms in total. The summed E-state index contributed by atoms with van der Waals surface area (Å²) in [7, 11) is 0. The Morgan fingerprint density at radius 2 is 1.86 bits per heavy atom. The van der Waals surface area contributed by atoms with Crippen LogP contribution in [0.5, 0.6) is 0 Å². The highest BCUT2D eigenvalue weighted by atomic mass is 79.9. The van der Waals surface area contributed by atoms with Gasteiger partial charge in [0.05, 0.1) is 4.47 Å². The van der Waals surface area contributed by atoms with Gasteiger partial charge in [0.2, 0.25) is 0 Å². The summed E-state index contributed by atoms with van der Waals surface area (Å²) in [6.07, 6.45) is 4.08. The number of rotatable bonds is 3. The van der Waals surface area contributed by atoms with E-state index in [0.29, 0.717) is 4.47 Å². The van der Waals surface area contributed by atoms with Gasteiger partial charge >= 0.3 is 0 Å². The summed E-state index contributed by atoms with van der Waals surface area (Å²) in [5.41, 5.74) is 0.292. The molecule has 0 amide bonds. The van der Waals surface area contributed by atoms with E-state index in [0.717, 1.165) is 32.2 Å². The normalized spacial score (nSPS) is 23.3. The molecular weight excluding hydrogens is 336 g/mol. The summed E-state index contributed by atoms with van der Waals surface area (Å²) in [4.78, 5) is 0. The van der Waals surface area contributed by atoms with Crippen LogP contribution in [0.1, 0.15) is 57.9 Å². The summed E-state index contributed by atoms with van der Waals surface area (Å²) in [6, 6.07) is 2.81. The average Bonchev–Trinajstić information content (AvgIpc) is 2.41. The van der Waals surface area contributed by atoms with Crippen molar-refractivity contribution in [2.75, 3.05) is 6.54 Å². The second kappa shape index (κ2) is 6.74. The predicted molar refractivity (Wildman–Crippen MR) is 86.5 cm³/mol. The van der Waals surface area contributed by atoms with Crippen LogP contribution < -0.4 is 5.32 Å². The third-order valence-electron chi connectivity index (χ3n) is 4.25. The first-order chi connectivity index (χ1) is 9.79.